The van der Waals surface area contributed by atoms with E-state index in [0.29, 0.717) is 22.3 Å². The maximum atomic E-state index is 12.3. The summed E-state index contributed by atoms with van der Waals surface area (Å²) in [7, 11) is 0. The fourth-order valence-electron chi connectivity index (χ4n) is 2.14. The lowest BCUT2D eigenvalue weighted by Crippen LogP contribution is -2.12. The van der Waals surface area contributed by atoms with Crippen LogP contribution in [0.15, 0.2) is 47.0 Å². The lowest BCUT2D eigenvalue weighted by atomic mass is 10.1. The van der Waals surface area contributed by atoms with E-state index in [1.165, 1.54) is 0 Å². The van der Waals surface area contributed by atoms with Crippen LogP contribution in [0.1, 0.15) is 21.7 Å². The van der Waals surface area contributed by atoms with Gasteiger partial charge in [0.15, 0.2) is 5.82 Å². The molecule has 6 heteroatoms. The van der Waals surface area contributed by atoms with Crippen molar-refractivity contribution in [3.8, 4) is 11.5 Å². The van der Waals surface area contributed by atoms with Crippen molar-refractivity contribution in [1.82, 2.24) is 10.1 Å². The molecule has 1 N–H and O–H groups in total. The minimum atomic E-state index is -0.191. The van der Waals surface area contributed by atoms with Crippen molar-refractivity contribution in [1.29, 1.82) is 0 Å². The molecule has 0 aliphatic heterocycles. The van der Waals surface area contributed by atoms with Crippen molar-refractivity contribution < 1.29 is 9.32 Å². The summed E-state index contributed by atoms with van der Waals surface area (Å²) in [6, 6.07) is 12.3. The third-order valence-corrected chi connectivity index (χ3v) is 3.59. The number of carbonyl (C=O) groups excluding carboxylic acids is 1. The van der Waals surface area contributed by atoms with E-state index in [0.717, 1.165) is 16.8 Å². The van der Waals surface area contributed by atoms with Crippen LogP contribution in [0.2, 0.25) is 5.02 Å². The number of amides is 1. The van der Waals surface area contributed by atoms with Crippen molar-refractivity contribution in [3.63, 3.8) is 0 Å². The van der Waals surface area contributed by atoms with E-state index in [1.807, 2.05) is 6.92 Å². The van der Waals surface area contributed by atoms with Crippen LogP contribution in [0.5, 0.6) is 0 Å². The smallest absolute Gasteiger partial charge is 0.257 e. The third-order valence-electron chi connectivity index (χ3n) is 3.36. The molecule has 116 valence electrons. The van der Waals surface area contributed by atoms with Gasteiger partial charge in [-0.2, -0.15) is 4.98 Å². The summed E-state index contributed by atoms with van der Waals surface area (Å²) >= 11 is 5.92. The molecule has 0 saturated carbocycles. The Morgan fingerprint density at radius 1 is 1.13 bits per heavy atom. The Hall–Kier alpha value is -2.66. The van der Waals surface area contributed by atoms with E-state index in [-0.39, 0.29) is 5.91 Å². The van der Waals surface area contributed by atoms with Gasteiger partial charge in [0.25, 0.3) is 11.8 Å². The van der Waals surface area contributed by atoms with Crippen molar-refractivity contribution >= 4 is 23.2 Å². The quantitative estimate of drug-likeness (QED) is 0.780. The van der Waals surface area contributed by atoms with Crippen molar-refractivity contribution in [2.75, 3.05) is 5.32 Å². The van der Waals surface area contributed by atoms with E-state index in [9.17, 15) is 4.79 Å². The zero-order chi connectivity index (χ0) is 16.4. The summed E-state index contributed by atoms with van der Waals surface area (Å²) in [6.45, 7) is 3.64. The zero-order valence-corrected chi connectivity index (χ0v) is 13.4. The van der Waals surface area contributed by atoms with Gasteiger partial charge in [-0.25, -0.2) is 0 Å². The molecule has 0 bridgehead atoms. The third kappa shape index (κ3) is 3.40. The summed E-state index contributed by atoms with van der Waals surface area (Å²) in [5.41, 5.74) is 2.95. The van der Waals surface area contributed by atoms with Gasteiger partial charge in [0.1, 0.15) is 0 Å². The van der Waals surface area contributed by atoms with Gasteiger partial charge in [-0.3, -0.25) is 4.79 Å². The average molecular weight is 328 g/mol. The molecule has 1 amide bonds. The number of carbonyl (C=O) groups is 1. The minimum Gasteiger partial charge on any atom is -0.334 e. The van der Waals surface area contributed by atoms with E-state index >= 15 is 0 Å². The van der Waals surface area contributed by atoms with Crippen LogP contribution in [0.3, 0.4) is 0 Å². The maximum absolute atomic E-state index is 12.3. The van der Waals surface area contributed by atoms with Gasteiger partial charge < -0.3 is 9.84 Å². The molecule has 3 rings (SSSR count). The average Bonchev–Trinajstić information content (AvgIpc) is 2.97. The van der Waals surface area contributed by atoms with Gasteiger partial charge >= 0.3 is 0 Å². The molecule has 3 aromatic rings. The number of benzene rings is 2. The number of nitrogens with one attached hydrogen (secondary N) is 1. The number of hydrogen-bond donors (Lipinski definition) is 1. The first-order valence-corrected chi connectivity index (χ1v) is 7.39. The first-order valence-electron chi connectivity index (χ1n) is 7.01. The topological polar surface area (TPSA) is 68.0 Å². The summed E-state index contributed by atoms with van der Waals surface area (Å²) < 4.78 is 5.10. The normalized spacial score (nSPS) is 10.6. The van der Waals surface area contributed by atoms with E-state index in [1.54, 1.807) is 49.4 Å². The second-order valence-electron chi connectivity index (χ2n) is 5.14. The summed E-state index contributed by atoms with van der Waals surface area (Å²) in [5.74, 6) is 0.812. The summed E-state index contributed by atoms with van der Waals surface area (Å²) in [6.07, 6.45) is 0. The van der Waals surface area contributed by atoms with Crippen LogP contribution >= 0.6 is 11.6 Å². The Labute approximate surface area is 138 Å². The highest BCUT2D eigenvalue weighted by Gasteiger charge is 2.10. The number of nitrogens with zero attached hydrogens (tertiary/aromatic N) is 2. The molecule has 0 aliphatic carbocycles. The molecule has 23 heavy (non-hydrogen) atoms. The summed E-state index contributed by atoms with van der Waals surface area (Å²) in [4.78, 5) is 16.5. The molecular weight excluding hydrogens is 314 g/mol. The number of aromatic nitrogens is 2. The molecule has 0 aliphatic rings. The minimum absolute atomic E-state index is 0.191. The molecule has 0 spiro atoms. The Morgan fingerprint density at radius 2 is 1.87 bits per heavy atom. The molecule has 5 nitrogen and oxygen atoms in total. The van der Waals surface area contributed by atoms with Gasteiger partial charge in [0.2, 0.25) is 0 Å². The van der Waals surface area contributed by atoms with Crippen LogP contribution in [0.4, 0.5) is 5.69 Å². The Morgan fingerprint density at radius 3 is 2.48 bits per heavy atom. The number of anilines is 1. The lowest BCUT2D eigenvalue weighted by molar-refractivity contribution is 0.102. The number of halogens is 1. The van der Waals surface area contributed by atoms with Gasteiger partial charge in [-0.15, -0.1) is 0 Å². The largest absolute Gasteiger partial charge is 0.334 e. The van der Waals surface area contributed by atoms with E-state index in [4.69, 9.17) is 16.1 Å². The second kappa shape index (κ2) is 6.22. The number of rotatable bonds is 3. The summed E-state index contributed by atoms with van der Waals surface area (Å²) in [5, 5.41) is 7.25. The van der Waals surface area contributed by atoms with Crippen LogP contribution in [0.25, 0.3) is 11.5 Å². The van der Waals surface area contributed by atoms with Crippen LogP contribution in [0, 0.1) is 13.8 Å². The standard InChI is InChI=1S/C17H14ClN3O2/c1-10-9-14(18)7-8-15(10)20-16(22)12-3-5-13(6-4-12)17-19-11(2)21-23-17/h3-9H,1-2H3,(H,20,22). The number of aryl methyl sites for hydroxylation is 2. The van der Waals surface area contributed by atoms with Crippen LogP contribution in [-0.2, 0) is 0 Å². The van der Waals surface area contributed by atoms with Crippen molar-refractivity contribution in [2.45, 2.75) is 13.8 Å². The molecule has 1 aromatic heterocycles. The monoisotopic (exact) mass is 327 g/mol. The Balaban J connectivity index is 1.77. The van der Waals surface area contributed by atoms with Gasteiger partial charge in [0.05, 0.1) is 0 Å². The van der Waals surface area contributed by atoms with Gasteiger partial charge in [-0.05, 0) is 61.9 Å². The van der Waals surface area contributed by atoms with Crippen molar-refractivity contribution in [3.05, 3.63) is 64.4 Å². The fourth-order valence-corrected chi connectivity index (χ4v) is 2.37. The molecular formula is C17H14ClN3O2. The van der Waals surface area contributed by atoms with E-state index in [2.05, 4.69) is 15.5 Å². The van der Waals surface area contributed by atoms with Crippen LogP contribution in [-0.4, -0.2) is 16.0 Å². The molecule has 0 unspecified atom stereocenters. The highest BCUT2D eigenvalue weighted by Crippen LogP contribution is 2.21. The molecule has 2 aromatic carbocycles. The molecule has 0 saturated heterocycles. The van der Waals surface area contributed by atoms with Gasteiger partial charge in [-0.1, -0.05) is 16.8 Å². The SMILES string of the molecule is Cc1noc(-c2ccc(C(=O)Nc3ccc(Cl)cc3C)cc2)n1. The number of hydrogen-bond acceptors (Lipinski definition) is 4. The first-order chi connectivity index (χ1) is 11.0. The molecule has 0 atom stereocenters. The molecule has 0 fully saturated rings. The van der Waals surface area contributed by atoms with E-state index < -0.39 is 0 Å². The maximum Gasteiger partial charge on any atom is 0.257 e. The molecule has 0 radical (unpaired) electrons. The Kier molecular flexibility index (Phi) is 4.12. The first kappa shape index (κ1) is 15.2. The zero-order valence-electron chi connectivity index (χ0n) is 12.6. The predicted molar refractivity (Wildman–Crippen MR) is 88.6 cm³/mol. The fraction of sp³-hybridized carbons (Fsp3) is 0.118. The Bertz CT molecular complexity index is 857. The predicted octanol–water partition coefficient (Wildman–Crippen LogP) is 4.26. The highest BCUT2D eigenvalue weighted by atomic mass is 35.5. The second-order valence-corrected chi connectivity index (χ2v) is 5.57. The lowest BCUT2D eigenvalue weighted by Gasteiger charge is -2.09. The highest BCUT2D eigenvalue weighted by molar-refractivity contribution is 6.30. The van der Waals surface area contributed by atoms with Gasteiger partial charge in [0, 0.05) is 21.8 Å². The molecule has 1 heterocycles. The van der Waals surface area contributed by atoms with Crippen LogP contribution < -0.4 is 5.32 Å². The van der Waals surface area contributed by atoms with Crippen molar-refractivity contribution in [2.24, 2.45) is 0 Å².